The minimum Gasteiger partial charge on any atom is -0.479 e. The maximum atomic E-state index is 11.4. The second-order valence-electron chi connectivity index (χ2n) is 4.75. The van der Waals surface area contributed by atoms with Crippen molar-refractivity contribution >= 4 is 5.97 Å². The van der Waals surface area contributed by atoms with Crippen molar-refractivity contribution in [2.75, 3.05) is 6.61 Å². The monoisotopic (exact) mass is 250 g/mol. The van der Waals surface area contributed by atoms with E-state index in [9.17, 15) is 15.0 Å². The molecule has 0 saturated carbocycles. The Balaban J connectivity index is 2.42. The average Bonchev–Trinajstić information content (AvgIpc) is 2.38. The van der Waals surface area contributed by atoms with Crippen LogP contribution in [0.1, 0.15) is 36.8 Å². The third-order valence-corrected chi connectivity index (χ3v) is 3.55. The second kappa shape index (κ2) is 5.08. The van der Waals surface area contributed by atoms with Gasteiger partial charge in [-0.1, -0.05) is 37.6 Å². The minimum absolute atomic E-state index is 0.227. The summed E-state index contributed by atoms with van der Waals surface area (Å²) in [4.78, 5) is 11.4. The molecule has 1 aliphatic rings. The van der Waals surface area contributed by atoms with E-state index >= 15 is 0 Å². The van der Waals surface area contributed by atoms with Crippen LogP contribution < -0.4 is 0 Å². The second-order valence-corrected chi connectivity index (χ2v) is 4.75. The summed E-state index contributed by atoms with van der Waals surface area (Å²) in [5, 5.41) is 19.8. The van der Waals surface area contributed by atoms with Crippen LogP contribution in [0.15, 0.2) is 24.3 Å². The Hall–Kier alpha value is -1.39. The van der Waals surface area contributed by atoms with Gasteiger partial charge in [0, 0.05) is 5.92 Å². The van der Waals surface area contributed by atoms with Gasteiger partial charge in [0.05, 0.1) is 13.2 Å². The number of carbonyl (C=O) groups is 1. The smallest absolute Gasteiger partial charge is 0.336 e. The lowest BCUT2D eigenvalue weighted by Crippen LogP contribution is -2.47. The van der Waals surface area contributed by atoms with E-state index in [0.717, 1.165) is 11.1 Å². The molecule has 0 fully saturated rings. The molecule has 2 N–H and O–H groups in total. The van der Waals surface area contributed by atoms with Crippen molar-refractivity contribution < 1.29 is 19.7 Å². The van der Waals surface area contributed by atoms with E-state index in [0.29, 0.717) is 13.0 Å². The fourth-order valence-electron chi connectivity index (χ4n) is 2.59. The van der Waals surface area contributed by atoms with Crippen LogP contribution in [0, 0.1) is 0 Å². The topological polar surface area (TPSA) is 66.8 Å². The highest BCUT2D eigenvalue weighted by molar-refractivity contribution is 5.79. The molecule has 4 heteroatoms. The van der Waals surface area contributed by atoms with Crippen LogP contribution in [0.5, 0.6) is 0 Å². The van der Waals surface area contributed by atoms with Crippen LogP contribution in [-0.2, 0) is 16.1 Å². The highest BCUT2D eigenvalue weighted by atomic mass is 16.5. The van der Waals surface area contributed by atoms with Gasteiger partial charge < -0.3 is 14.9 Å². The van der Waals surface area contributed by atoms with Gasteiger partial charge in [0.2, 0.25) is 0 Å². The Bertz CT molecular complexity index is 443. The lowest BCUT2D eigenvalue weighted by Gasteiger charge is -2.36. The fourth-order valence-corrected chi connectivity index (χ4v) is 2.59. The van der Waals surface area contributed by atoms with Gasteiger partial charge in [0.15, 0.2) is 5.60 Å². The molecule has 2 unspecified atom stereocenters. The summed E-state index contributed by atoms with van der Waals surface area (Å²) >= 11 is 0. The summed E-state index contributed by atoms with van der Waals surface area (Å²) in [6, 6.07) is 7.55. The molecule has 0 saturated heterocycles. The van der Waals surface area contributed by atoms with Crippen molar-refractivity contribution in [3.8, 4) is 0 Å². The van der Waals surface area contributed by atoms with Gasteiger partial charge in [-0.15, -0.1) is 0 Å². The van der Waals surface area contributed by atoms with Crippen molar-refractivity contribution in [2.45, 2.75) is 37.9 Å². The first-order valence-corrected chi connectivity index (χ1v) is 6.21. The van der Waals surface area contributed by atoms with Gasteiger partial charge in [0.1, 0.15) is 0 Å². The van der Waals surface area contributed by atoms with Crippen LogP contribution in [0.4, 0.5) is 0 Å². The van der Waals surface area contributed by atoms with Crippen LogP contribution >= 0.6 is 0 Å². The molecule has 0 aliphatic carbocycles. The Morgan fingerprint density at radius 1 is 1.50 bits per heavy atom. The number of aliphatic hydroxyl groups is 1. The number of hydrogen-bond acceptors (Lipinski definition) is 3. The summed E-state index contributed by atoms with van der Waals surface area (Å²) < 4.78 is 5.43. The maximum absolute atomic E-state index is 11.4. The van der Waals surface area contributed by atoms with Gasteiger partial charge in [-0.05, 0) is 17.5 Å². The zero-order valence-electron chi connectivity index (χ0n) is 10.4. The third-order valence-electron chi connectivity index (χ3n) is 3.55. The van der Waals surface area contributed by atoms with Crippen LogP contribution in [0.3, 0.4) is 0 Å². The molecule has 98 valence electrons. The number of aliphatic carboxylic acids is 1. The molecule has 0 bridgehead atoms. The summed E-state index contributed by atoms with van der Waals surface area (Å²) in [5.74, 6) is -1.67. The van der Waals surface area contributed by atoms with E-state index in [1.807, 2.05) is 31.2 Å². The average molecular weight is 250 g/mol. The van der Waals surface area contributed by atoms with Crippen molar-refractivity contribution in [1.82, 2.24) is 0 Å². The molecule has 4 nitrogen and oxygen atoms in total. The predicted octanol–water partition coefficient (Wildman–Crippen LogP) is 1.92. The molecule has 0 spiro atoms. The summed E-state index contributed by atoms with van der Waals surface area (Å²) in [6.45, 7) is 2.60. The number of ether oxygens (including phenoxy) is 1. The van der Waals surface area contributed by atoms with Crippen LogP contribution in [-0.4, -0.2) is 28.4 Å². The van der Waals surface area contributed by atoms with Gasteiger partial charge in [-0.25, -0.2) is 4.79 Å². The molecule has 0 aromatic heterocycles. The zero-order valence-corrected chi connectivity index (χ0v) is 10.4. The third kappa shape index (κ3) is 2.13. The summed E-state index contributed by atoms with van der Waals surface area (Å²) in [6.07, 6.45) is 0.839. The fraction of sp³-hybridized carbons (Fsp3) is 0.500. The first-order valence-electron chi connectivity index (χ1n) is 6.21. The first kappa shape index (κ1) is 13.1. The van der Waals surface area contributed by atoms with Gasteiger partial charge >= 0.3 is 5.97 Å². The largest absolute Gasteiger partial charge is 0.479 e. The number of benzene rings is 1. The molecule has 18 heavy (non-hydrogen) atoms. The van der Waals surface area contributed by atoms with Crippen molar-refractivity contribution in [3.05, 3.63) is 35.4 Å². The number of rotatable bonds is 4. The van der Waals surface area contributed by atoms with Gasteiger partial charge in [0.25, 0.3) is 0 Å². The number of carboxylic acids is 1. The van der Waals surface area contributed by atoms with E-state index in [1.54, 1.807) is 0 Å². The SMILES string of the molecule is CCCC(O)(C(=O)O)C1COCc2ccccc21. The predicted molar refractivity (Wildman–Crippen MR) is 66.3 cm³/mol. The van der Waals surface area contributed by atoms with Crippen molar-refractivity contribution in [3.63, 3.8) is 0 Å². The van der Waals surface area contributed by atoms with E-state index in [1.165, 1.54) is 0 Å². The minimum atomic E-state index is -1.74. The zero-order chi connectivity index (χ0) is 13.2. The molecule has 0 radical (unpaired) electrons. The maximum Gasteiger partial charge on any atom is 0.336 e. The van der Waals surface area contributed by atoms with E-state index < -0.39 is 17.5 Å². The van der Waals surface area contributed by atoms with Crippen molar-refractivity contribution in [2.24, 2.45) is 0 Å². The van der Waals surface area contributed by atoms with Crippen LogP contribution in [0.25, 0.3) is 0 Å². The molecule has 1 aliphatic heterocycles. The lowest BCUT2D eigenvalue weighted by molar-refractivity contribution is -0.165. The first-order chi connectivity index (χ1) is 8.59. The van der Waals surface area contributed by atoms with Gasteiger partial charge in [-0.3, -0.25) is 0 Å². The molecule has 2 atom stereocenters. The summed E-state index contributed by atoms with van der Waals surface area (Å²) in [7, 11) is 0. The Morgan fingerprint density at radius 2 is 2.22 bits per heavy atom. The highest BCUT2D eigenvalue weighted by Crippen LogP contribution is 2.37. The van der Waals surface area contributed by atoms with E-state index in [4.69, 9.17) is 4.74 Å². The molecular weight excluding hydrogens is 232 g/mol. The Morgan fingerprint density at radius 3 is 2.89 bits per heavy atom. The van der Waals surface area contributed by atoms with Crippen LogP contribution in [0.2, 0.25) is 0 Å². The van der Waals surface area contributed by atoms with E-state index in [-0.39, 0.29) is 13.0 Å². The standard InChI is InChI=1S/C14H18O4/c1-2-7-14(17,13(15)16)12-9-18-8-10-5-3-4-6-11(10)12/h3-6,12,17H,2,7-9H2,1H3,(H,15,16). The molecule has 1 heterocycles. The molecule has 0 amide bonds. The Labute approximate surface area is 106 Å². The number of hydrogen-bond donors (Lipinski definition) is 2. The molecule has 1 aromatic rings. The van der Waals surface area contributed by atoms with E-state index in [2.05, 4.69) is 0 Å². The Kier molecular flexibility index (Phi) is 3.68. The van der Waals surface area contributed by atoms with Gasteiger partial charge in [-0.2, -0.15) is 0 Å². The number of carboxylic acid groups (broad SMARTS) is 1. The quantitative estimate of drug-likeness (QED) is 0.856. The summed E-state index contributed by atoms with van der Waals surface area (Å²) in [5.41, 5.74) is 0.109. The van der Waals surface area contributed by atoms with Crippen molar-refractivity contribution in [1.29, 1.82) is 0 Å². The molecule has 1 aromatic carbocycles. The highest BCUT2D eigenvalue weighted by Gasteiger charge is 2.46. The number of fused-ring (bicyclic) bond motifs is 1. The molecular formula is C14H18O4. The molecule has 2 rings (SSSR count). The lowest BCUT2D eigenvalue weighted by atomic mass is 9.77. The normalized spacial score (nSPS) is 22.0.